The monoisotopic (exact) mass is 477 g/mol. The quantitative estimate of drug-likeness (QED) is 0.407. The van der Waals surface area contributed by atoms with E-state index in [4.69, 9.17) is 8.92 Å². The van der Waals surface area contributed by atoms with E-state index in [1.807, 2.05) is 25.3 Å². The third kappa shape index (κ3) is 5.86. The first-order chi connectivity index (χ1) is 15.2. The lowest BCUT2D eigenvalue weighted by molar-refractivity contribution is 0.0727. The summed E-state index contributed by atoms with van der Waals surface area (Å²) >= 11 is 1.37. The fourth-order valence-corrected chi connectivity index (χ4v) is 4.71. The molecule has 0 aliphatic carbocycles. The molecule has 0 radical (unpaired) electrons. The summed E-state index contributed by atoms with van der Waals surface area (Å²) in [7, 11) is -2.80. The predicted octanol–water partition coefficient (Wildman–Crippen LogP) is 4.96. The number of hydrogen-bond acceptors (Lipinski definition) is 6. The smallest absolute Gasteiger partial charge is 0.339 e. The highest BCUT2D eigenvalue weighted by atomic mass is 32.2. The Bertz CT molecular complexity index is 1160. The number of rotatable bonds is 9. The minimum absolute atomic E-state index is 0.0117. The van der Waals surface area contributed by atoms with Gasteiger partial charge in [0.2, 0.25) is 0 Å². The van der Waals surface area contributed by atoms with Gasteiger partial charge >= 0.3 is 10.1 Å². The molecule has 1 heterocycles. The molecule has 6 nitrogen and oxygen atoms in total. The maximum Gasteiger partial charge on any atom is 0.339 e. The van der Waals surface area contributed by atoms with Crippen molar-refractivity contribution in [1.29, 1.82) is 0 Å². The molecular weight excluding hydrogens is 453 g/mol. The summed E-state index contributed by atoms with van der Waals surface area (Å²) in [6.07, 6.45) is 0. The zero-order chi connectivity index (χ0) is 23.3. The van der Waals surface area contributed by atoms with Crippen molar-refractivity contribution in [3.8, 4) is 11.5 Å². The number of amides is 1. The van der Waals surface area contributed by atoms with Crippen molar-refractivity contribution < 1.29 is 26.5 Å². The van der Waals surface area contributed by atoms with E-state index in [9.17, 15) is 17.6 Å². The average molecular weight is 478 g/mol. The number of halogens is 1. The average Bonchev–Trinajstić information content (AvgIpc) is 3.27. The molecular formula is C23H24FNO5S2. The van der Waals surface area contributed by atoms with E-state index in [2.05, 4.69) is 0 Å². The fraction of sp³-hybridized carbons (Fsp3) is 0.261. The first kappa shape index (κ1) is 23.7. The van der Waals surface area contributed by atoms with Gasteiger partial charge in [-0.15, -0.1) is 11.3 Å². The highest BCUT2D eigenvalue weighted by Crippen LogP contribution is 2.31. The van der Waals surface area contributed by atoms with Crippen molar-refractivity contribution in [2.24, 2.45) is 5.92 Å². The Morgan fingerprint density at radius 2 is 1.81 bits per heavy atom. The normalized spacial score (nSPS) is 11.4. The van der Waals surface area contributed by atoms with Gasteiger partial charge < -0.3 is 13.8 Å². The van der Waals surface area contributed by atoms with Crippen LogP contribution in [0.25, 0.3) is 0 Å². The third-order valence-electron chi connectivity index (χ3n) is 4.51. The molecule has 0 N–H and O–H groups in total. The molecule has 2 aromatic carbocycles. The van der Waals surface area contributed by atoms with Gasteiger partial charge in [0.05, 0.1) is 12.0 Å². The molecule has 3 rings (SSSR count). The van der Waals surface area contributed by atoms with Crippen molar-refractivity contribution in [3.05, 3.63) is 76.2 Å². The van der Waals surface area contributed by atoms with E-state index in [-0.39, 0.29) is 34.8 Å². The van der Waals surface area contributed by atoms with Crippen LogP contribution in [0.3, 0.4) is 0 Å². The molecule has 0 atom stereocenters. The zero-order valence-corrected chi connectivity index (χ0v) is 19.6. The molecule has 1 amide bonds. The fourth-order valence-electron chi connectivity index (χ4n) is 3.09. The number of benzene rings is 2. The molecule has 0 aliphatic rings. The van der Waals surface area contributed by atoms with Crippen molar-refractivity contribution in [3.63, 3.8) is 0 Å². The number of methoxy groups -OCH3 is 1. The maximum absolute atomic E-state index is 13.2. The van der Waals surface area contributed by atoms with Crippen LogP contribution in [-0.4, -0.2) is 32.9 Å². The lowest BCUT2D eigenvalue weighted by Gasteiger charge is -2.24. The molecule has 170 valence electrons. The molecule has 0 fully saturated rings. The summed E-state index contributed by atoms with van der Waals surface area (Å²) in [4.78, 5) is 15.1. The topological polar surface area (TPSA) is 72.9 Å². The van der Waals surface area contributed by atoms with Crippen LogP contribution in [0.5, 0.6) is 11.5 Å². The lowest BCUT2D eigenvalue weighted by atomic mass is 10.1. The van der Waals surface area contributed by atoms with Crippen LogP contribution in [0.2, 0.25) is 0 Å². The van der Waals surface area contributed by atoms with E-state index in [1.165, 1.54) is 24.5 Å². The highest BCUT2D eigenvalue weighted by molar-refractivity contribution is 7.87. The van der Waals surface area contributed by atoms with Crippen LogP contribution in [0, 0.1) is 11.7 Å². The third-order valence-corrected chi connectivity index (χ3v) is 6.61. The maximum atomic E-state index is 13.2. The Balaban J connectivity index is 1.88. The zero-order valence-electron chi connectivity index (χ0n) is 17.9. The van der Waals surface area contributed by atoms with Crippen LogP contribution >= 0.6 is 11.3 Å². The Morgan fingerprint density at radius 3 is 2.41 bits per heavy atom. The Kier molecular flexibility index (Phi) is 7.52. The van der Waals surface area contributed by atoms with Crippen molar-refractivity contribution in [2.45, 2.75) is 25.3 Å². The van der Waals surface area contributed by atoms with Gasteiger partial charge in [0, 0.05) is 13.1 Å². The first-order valence-electron chi connectivity index (χ1n) is 9.89. The van der Waals surface area contributed by atoms with Gasteiger partial charge in [0.15, 0.2) is 11.5 Å². The van der Waals surface area contributed by atoms with Gasteiger partial charge in [-0.25, -0.2) is 4.39 Å². The second kappa shape index (κ2) is 10.1. The Morgan fingerprint density at radius 1 is 1.09 bits per heavy atom. The first-order valence-corrected chi connectivity index (χ1v) is 12.2. The summed E-state index contributed by atoms with van der Waals surface area (Å²) in [5.41, 5.74) is 0.681. The van der Waals surface area contributed by atoms with E-state index in [0.717, 1.165) is 24.3 Å². The van der Waals surface area contributed by atoms with Crippen LogP contribution in [-0.2, 0) is 16.7 Å². The number of thiophene rings is 1. The van der Waals surface area contributed by atoms with Gasteiger partial charge in [0.1, 0.15) is 10.7 Å². The number of ether oxygens (including phenoxy) is 1. The van der Waals surface area contributed by atoms with Crippen LogP contribution in [0.4, 0.5) is 4.39 Å². The molecule has 0 spiro atoms. The van der Waals surface area contributed by atoms with Crippen LogP contribution in [0.15, 0.2) is 64.9 Å². The van der Waals surface area contributed by atoms with Crippen molar-refractivity contribution >= 4 is 27.4 Å². The molecule has 0 aliphatic heterocycles. The van der Waals surface area contributed by atoms with E-state index >= 15 is 0 Å². The van der Waals surface area contributed by atoms with Gasteiger partial charge in [-0.2, -0.15) is 8.42 Å². The van der Waals surface area contributed by atoms with Gasteiger partial charge in [-0.05, 0) is 59.3 Å². The van der Waals surface area contributed by atoms with Gasteiger partial charge in [-0.3, -0.25) is 4.79 Å². The minimum Gasteiger partial charge on any atom is -0.493 e. The summed E-state index contributed by atoms with van der Waals surface area (Å²) in [6, 6.07) is 12.8. The standard InChI is InChI=1S/C23H24FNO5S2/c1-16(2)14-25(23(26)22-5-4-12-31-22)15-17-6-11-20(29-3)21(13-17)30-32(27,28)19-9-7-18(24)8-10-19/h4-13,16H,14-15H2,1-3H3. The Labute approximate surface area is 191 Å². The number of hydrogen-bond donors (Lipinski definition) is 0. The minimum atomic E-state index is -4.20. The lowest BCUT2D eigenvalue weighted by Crippen LogP contribution is -2.33. The van der Waals surface area contributed by atoms with Gasteiger partial charge in [0.25, 0.3) is 5.91 Å². The van der Waals surface area contributed by atoms with E-state index in [1.54, 1.807) is 23.1 Å². The molecule has 0 saturated carbocycles. The summed E-state index contributed by atoms with van der Waals surface area (Å²) in [5.74, 6) is -0.191. The molecule has 0 saturated heterocycles. The molecule has 32 heavy (non-hydrogen) atoms. The van der Waals surface area contributed by atoms with Gasteiger partial charge in [-0.1, -0.05) is 26.0 Å². The molecule has 1 aromatic heterocycles. The SMILES string of the molecule is COc1ccc(CN(CC(C)C)C(=O)c2cccs2)cc1OS(=O)(=O)c1ccc(F)cc1. The predicted molar refractivity (Wildman–Crippen MR) is 121 cm³/mol. The van der Waals surface area contributed by atoms with Crippen molar-refractivity contribution in [2.75, 3.05) is 13.7 Å². The Hall–Kier alpha value is -2.91. The summed E-state index contributed by atoms with van der Waals surface area (Å²) in [6.45, 7) is 4.84. The summed E-state index contributed by atoms with van der Waals surface area (Å²) < 4.78 is 49.0. The van der Waals surface area contributed by atoms with Crippen LogP contribution < -0.4 is 8.92 Å². The molecule has 3 aromatic rings. The molecule has 0 unspecified atom stereocenters. The highest BCUT2D eigenvalue weighted by Gasteiger charge is 2.22. The van der Waals surface area contributed by atoms with E-state index in [0.29, 0.717) is 17.0 Å². The van der Waals surface area contributed by atoms with Crippen molar-refractivity contribution in [1.82, 2.24) is 4.90 Å². The number of carbonyl (C=O) groups is 1. The number of nitrogens with zero attached hydrogens (tertiary/aromatic N) is 1. The summed E-state index contributed by atoms with van der Waals surface area (Å²) in [5, 5.41) is 1.85. The second-order valence-corrected chi connectivity index (χ2v) is 10.0. The van der Waals surface area contributed by atoms with E-state index < -0.39 is 15.9 Å². The van der Waals surface area contributed by atoms with Crippen LogP contribution in [0.1, 0.15) is 29.1 Å². The number of carbonyl (C=O) groups excluding carboxylic acids is 1. The largest absolute Gasteiger partial charge is 0.493 e. The molecule has 0 bridgehead atoms. The second-order valence-electron chi connectivity index (χ2n) is 7.53. The molecule has 9 heteroatoms.